The number of alkyl halides is 1. The number of carbonyl (C=O) groups is 4. The number of hydrogen-bond donors (Lipinski definition) is 3. The number of aromatic nitrogens is 5. The van der Waals surface area contributed by atoms with Crippen LogP contribution in [0.3, 0.4) is 0 Å². The SMILES string of the molecule is Cn1nnnc1SCC1=C(C(=O)OC(c2ccccc2)c2ccccc2)N2C(=O)[C@@H](NC(=O)C(N)c3csc(NC(=O)CCl)n3)[C@H]2SC1. The molecule has 3 atom stereocenters. The lowest BCUT2D eigenvalue weighted by Crippen LogP contribution is -2.71. The third kappa shape index (κ3) is 7.09. The molecule has 1 unspecified atom stereocenters. The van der Waals surface area contributed by atoms with Crippen LogP contribution in [0.1, 0.15) is 29.0 Å². The summed E-state index contributed by atoms with van der Waals surface area (Å²) in [5, 5.41) is 18.5. The summed E-state index contributed by atoms with van der Waals surface area (Å²) in [6.07, 6.45) is -0.737. The van der Waals surface area contributed by atoms with Crippen molar-refractivity contribution in [3.63, 3.8) is 0 Å². The largest absolute Gasteiger partial charge is 0.448 e. The Bertz CT molecular complexity index is 1820. The number of hydrogen-bond acceptors (Lipinski definition) is 13. The molecule has 248 valence electrons. The van der Waals surface area contributed by atoms with Crippen molar-refractivity contribution in [1.82, 2.24) is 35.4 Å². The predicted molar refractivity (Wildman–Crippen MR) is 181 cm³/mol. The molecule has 0 radical (unpaired) electrons. The summed E-state index contributed by atoms with van der Waals surface area (Å²) >= 11 is 9.36. The zero-order chi connectivity index (χ0) is 33.8. The zero-order valence-corrected chi connectivity index (χ0v) is 28.4. The van der Waals surface area contributed by atoms with E-state index in [2.05, 4.69) is 31.1 Å². The van der Waals surface area contributed by atoms with Crippen LogP contribution >= 0.6 is 46.5 Å². The maximum Gasteiger partial charge on any atom is 0.356 e. The van der Waals surface area contributed by atoms with Gasteiger partial charge in [-0.05, 0) is 27.1 Å². The number of esters is 1. The minimum absolute atomic E-state index is 0.122. The van der Waals surface area contributed by atoms with Gasteiger partial charge in [-0.25, -0.2) is 14.5 Å². The second kappa shape index (κ2) is 14.9. The molecule has 6 rings (SSSR count). The van der Waals surface area contributed by atoms with Crippen molar-refractivity contribution >= 4 is 75.3 Å². The fourth-order valence-corrected chi connectivity index (χ4v) is 8.21. The molecule has 1 fully saturated rings. The van der Waals surface area contributed by atoms with Gasteiger partial charge in [-0.2, -0.15) is 0 Å². The summed E-state index contributed by atoms with van der Waals surface area (Å²) in [5.41, 5.74) is 8.71. The van der Waals surface area contributed by atoms with E-state index in [4.69, 9.17) is 22.1 Å². The molecule has 1 saturated heterocycles. The van der Waals surface area contributed by atoms with Crippen LogP contribution in [0.5, 0.6) is 0 Å². The van der Waals surface area contributed by atoms with Crippen molar-refractivity contribution in [2.45, 2.75) is 28.7 Å². The third-order valence-corrected chi connectivity index (χ3v) is 10.9. The molecule has 48 heavy (non-hydrogen) atoms. The van der Waals surface area contributed by atoms with Gasteiger partial charge in [0.1, 0.15) is 29.0 Å². The molecule has 4 heterocycles. The standard InChI is InChI=1S/C30H28ClN9O5S3/c1-39-30(36-37-38-39)48-14-18-13-46-27-22(35-25(42)21(32)19-15-47-29(33-19)34-20(41)12-31)26(43)40(27)23(18)28(44)45-24(16-8-4-2-5-9-16)17-10-6-3-7-11-17/h2-11,15,21-22,24,27H,12-14,32H2,1H3,(H,35,42)(H,33,34,41)/t21?,22-,27-/m1/s1. The van der Waals surface area contributed by atoms with Crippen molar-refractivity contribution < 1.29 is 23.9 Å². The number of nitrogens with one attached hydrogen (secondary N) is 2. The number of thiazole rings is 1. The molecule has 0 bridgehead atoms. The van der Waals surface area contributed by atoms with E-state index in [9.17, 15) is 19.2 Å². The number of amides is 3. The van der Waals surface area contributed by atoms with E-state index in [0.29, 0.717) is 22.2 Å². The lowest BCUT2D eigenvalue weighted by Gasteiger charge is -2.50. The molecule has 0 spiro atoms. The zero-order valence-electron chi connectivity index (χ0n) is 25.2. The van der Waals surface area contributed by atoms with E-state index < -0.39 is 47.3 Å². The number of benzene rings is 2. The highest BCUT2D eigenvalue weighted by molar-refractivity contribution is 8.01. The van der Waals surface area contributed by atoms with Crippen molar-refractivity contribution in [2.75, 3.05) is 22.7 Å². The van der Waals surface area contributed by atoms with Gasteiger partial charge in [0.2, 0.25) is 17.0 Å². The number of anilines is 1. The van der Waals surface area contributed by atoms with Crippen LogP contribution in [0.15, 0.2) is 82.5 Å². The van der Waals surface area contributed by atoms with Crippen molar-refractivity contribution in [3.05, 3.63) is 94.1 Å². The van der Waals surface area contributed by atoms with Gasteiger partial charge in [-0.1, -0.05) is 72.4 Å². The summed E-state index contributed by atoms with van der Waals surface area (Å²) < 4.78 is 7.71. The number of halogens is 1. The number of β-lactam (4-membered cyclic amide) rings is 1. The molecule has 0 saturated carbocycles. The van der Waals surface area contributed by atoms with Gasteiger partial charge in [0, 0.05) is 23.9 Å². The van der Waals surface area contributed by atoms with Gasteiger partial charge in [0.05, 0.1) is 5.69 Å². The Kier molecular flexibility index (Phi) is 10.4. The molecule has 14 nitrogen and oxygen atoms in total. The Balaban J connectivity index is 1.23. The number of nitrogens with zero attached hydrogens (tertiary/aromatic N) is 6. The van der Waals surface area contributed by atoms with Crippen LogP contribution in [0.25, 0.3) is 0 Å². The Morgan fingerprint density at radius 2 is 1.81 bits per heavy atom. The van der Waals surface area contributed by atoms with Crippen LogP contribution in [0.2, 0.25) is 0 Å². The minimum atomic E-state index is -1.21. The van der Waals surface area contributed by atoms with Crippen molar-refractivity contribution in [2.24, 2.45) is 12.8 Å². The summed E-state index contributed by atoms with van der Waals surface area (Å²) in [6, 6.07) is 16.5. The molecule has 4 N–H and O–H groups in total. The molecule has 18 heteroatoms. The first-order chi connectivity index (χ1) is 23.2. The third-order valence-electron chi connectivity index (χ3n) is 7.42. The van der Waals surface area contributed by atoms with Crippen LogP contribution in [0, 0.1) is 0 Å². The second-order valence-corrected chi connectivity index (χ2v) is 13.7. The lowest BCUT2D eigenvalue weighted by molar-refractivity contribution is -0.154. The van der Waals surface area contributed by atoms with Crippen LogP contribution in [-0.2, 0) is 31.0 Å². The van der Waals surface area contributed by atoms with E-state index in [1.165, 1.54) is 33.1 Å². The average molecular weight is 726 g/mol. The molecule has 2 aliphatic rings. The van der Waals surface area contributed by atoms with E-state index in [-0.39, 0.29) is 22.4 Å². The first-order valence-electron chi connectivity index (χ1n) is 14.4. The average Bonchev–Trinajstić information content (AvgIpc) is 3.76. The lowest BCUT2D eigenvalue weighted by atomic mass is 10.0. The molecule has 2 aliphatic heterocycles. The van der Waals surface area contributed by atoms with Crippen molar-refractivity contribution in [3.8, 4) is 0 Å². The second-order valence-electron chi connectivity index (χ2n) is 10.6. The molecule has 2 aromatic carbocycles. The van der Waals surface area contributed by atoms with E-state index in [0.717, 1.165) is 22.5 Å². The first-order valence-corrected chi connectivity index (χ1v) is 17.9. The Hall–Kier alpha value is -4.29. The number of ether oxygens (including phenoxy) is 1. The topological polar surface area (TPSA) is 187 Å². The van der Waals surface area contributed by atoms with Crippen LogP contribution in [-0.4, -0.2) is 82.6 Å². The van der Waals surface area contributed by atoms with E-state index >= 15 is 0 Å². The molecule has 4 aromatic rings. The smallest absolute Gasteiger partial charge is 0.356 e. The number of rotatable bonds is 12. The maximum absolute atomic E-state index is 14.2. The fourth-order valence-electron chi connectivity index (χ4n) is 5.04. The Morgan fingerprint density at radius 1 is 1.12 bits per heavy atom. The quantitative estimate of drug-likeness (QED) is 0.0840. The minimum Gasteiger partial charge on any atom is -0.448 e. The Labute approximate surface area is 291 Å². The van der Waals surface area contributed by atoms with E-state index in [1.54, 1.807) is 12.4 Å². The number of aryl methyl sites for hydroxylation is 1. The fraction of sp³-hybridized carbons (Fsp3) is 0.267. The van der Waals surface area contributed by atoms with Crippen molar-refractivity contribution in [1.29, 1.82) is 0 Å². The highest BCUT2D eigenvalue weighted by Crippen LogP contribution is 2.43. The number of nitrogens with two attached hydrogens (primary N) is 1. The van der Waals surface area contributed by atoms with Gasteiger partial charge in [0.15, 0.2) is 11.2 Å². The highest BCUT2D eigenvalue weighted by atomic mass is 35.5. The van der Waals surface area contributed by atoms with Gasteiger partial charge in [-0.3, -0.25) is 19.3 Å². The first kappa shape index (κ1) is 33.6. The van der Waals surface area contributed by atoms with Crippen LogP contribution < -0.4 is 16.4 Å². The van der Waals surface area contributed by atoms with E-state index in [1.807, 2.05) is 60.7 Å². The van der Waals surface area contributed by atoms with Gasteiger partial charge in [-0.15, -0.1) is 39.8 Å². The van der Waals surface area contributed by atoms with Crippen LogP contribution in [0.4, 0.5) is 5.13 Å². The number of thioether (sulfide) groups is 2. The molecule has 3 amide bonds. The number of tetrazole rings is 1. The van der Waals surface area contributed by atoms with Gasteiger partial charge >= 0.3 is 5.97 Å². The Morgan fingerprint density at radius 3 is 2.44 bits per heavy atom. The normalized spacial score (nSPS) is 17.8. The summed E-state index contributed by atoms with van der Waals surface area (Å²) in [5.74, 6) is -1.78. The monoisotopic (exact) mass is 725 g/mol. The van der Waals surface area contributed by atoms with Gasteiger partial charge < -0.3 is 21.1 Å². The molecular weight excluding hydrogens is 698 g/mol. The molecule has 2 aromatic heterocycles. The summed E-state index contributed by atoms with van der Waals surface area (Å²) in [4.78, 5) is 58.2. The number of fused-ring (bicyclic) bond motifs is 1. The predicted octanol–water partition coefficient (Wildman–Crippen LogP) is 2.62. The maximum atomic E-state index is 14.2. The molecular formula is C30H28ClN9O5S3. The number of carbonyl (C=O) groups excluding carboxylic acids is 4. The van der Waals surface area contributed by atoms with Gasteiger partial charge in [0.25, 0.3) is 5.91 Å². The summed E-state index contributed by atoms with van der Waals surface area (Å²) in [7, 11) is 1.71. The summed E-state index contributed by atoms with van der Waals surface area (Å²) in [6.45, 7) is 0. The highest BCUT2D eigenvalue weighted by Gasteiger charge is 2.55. The molecule has 0 aliphatic carbocycles.